The lowest BCUT2D eigenvalue weighted by atomic mass is 10.0. The monoisotopic (exact) mass is 514 g/mol. The highest BCUT2D eigenvalue weighted by molar-refractivity contribution is 14.0. The number of benzene rings is 1. The number of hydrogen-bond acceptors (Lipinski definition) is 2. The van der Waals surface area contributed by atoms with Crippen molar-refractivity contribution in [3.63, 3.8) is 0 Å². The first-order valence-corrected chi connectivity index (χ1v) is 9.05. The molecule has 0 aliphatic heterocycles. The number of guanidine groups is 1. The fraction of sp³-hybridized carbons (Fsp3) is 0.579. The predicted molar refractivity (Wildman–Crippen MR) is 117 cm³/mol. The van der Waals surface area contributed by atoms with Crippen molar-refractivity contribution >= 4 is 35.8 Å². The number of nitrogens with one attached hydrogen (secondary N) is 2. The van der Waals surface area contributed by atoms with Gasteiger partial charge in [-0.3, -0.25) is 4.79 Å². The molecule has 5 nitrogen and oxygen atoms in total. The number of rotatable bonds is 8. The van der Waals surface area contributed by atoms with E-state index in [1.807, 2.05) is 0 Å². The lowest BCUT2D eigenvalue weighted by molar-refractivity contribution is -0.137. The van der Waals surface area contributed by atoms with Gasteiger partial charge in [0.15, 0.2) is 5.96 Å². The van der Waals surface area contributed by atoms with Gasteiger partial charge in [-0.05, 0) is 23.6 Å². The summed E-state index contributed by atoms with van der Waals surface area (Å²) < 4.78 is 38.5. The molecule has 0 spiro atoms. The average molecular weight is 514 g/mol. The molecular formula is C19H30F3IN4O. The van der Waals surface area contributed by atoms with Gasteiger partial charge in [-0.1, -0.05) is 38.8 Å². The second-order valence-electron chi connectivity index (χ2n) is 6.57. The number of nitrogens with zero attached hydrogens (tertiary/aromatic N) is 2. The molecule has 0 aliphatic carbocycles. The Kier molecular flexibility index (Phi) is 12.1. The van der Waals surface area contributed by atoms with Crippen LogP contribution in [-0.2, 0) is 17.5 Å². The van der Waals surface area contributed by atoms with Crippen molar-refractivity contribution in [3.05, 3.63) is 35.4 Å². The molecule has 0 fully saturated rings. The maximum atomic E-state index is 12.8. The van der Waals surface area contributed by atoms with Crippen molar-refractivity contribution in [2.75, 3.05) is 27.2 Å². The summed E-state index contributed by atoms with van der Waals surface area (Å²) in [6, 6.07) is 5.09. The van der Waals surface area contributed by atoms with Gasteiger partial charge in [0.2, 0.25) is 5.91 Å². The van der Waals surface area contributed by atoms with Gasteiger partial charge < -0.3 is 15.5 Å². The Labute approximate surface area is 182 Å². The number of halogens is 4. The van der Waals surface area contributed by atoms with Crippen molar-refractivity contribution in [1.29, 1.82) is 0 Å². The molecule has 0 bridgehead atoms. The number of likely N-dealkylation sites (N-methyl/N-ethyl adjacent to an activating group) is 1. The summed E-state index contributed by atoms with van der Waals surface area (Å²) in [6.07, 6.45) is -2.38. The molecule has 1 aromatic carbocycles. The third-order valence-electron chi connectivity index (χ3n) is 4.29. The van der Waals surface area contributed by atoms with Crippen LogP contribution in [0.25, 0.3) is 0 Å². The van der Waals surface area contributed by atoms with Crippen LogP contribution in [-0.4, -0.2) is 44.0 Å². The van der Waals surface area contributed by atoms with Crippen molar-refractivity contribution < 1.29 is 18.0 Å². The van der Waals surface area contributed by atoms with Crippen LogP contribution >= 0.6 is 24.0 Å². The molecule has 1 rings (SSSR count). The molecule has 0 radical (unpaired) electrons. The SMILES string of the molecule is CCC(CC)CNC(=NCc1cccc(C(F)(F)F)c1)NCC(=O)N(C)C.I. The molecule has 0 saturated carbocycles. The third-order valence-corrected chi connectivity index (χ3v) is 4.29. The van der Waals surface area contributed by atoms with Crippen LogP contribution in [0.1, 0.15) is 37.8 Å². The Morgan fingerprint density at radius 1 is 1.18 bits per heavy atom. The third kappa shape index (κ3) is 9.61. The smallest absolute Gasteiger partial charge is 0.356 e. The largest absolute Gasteiger partial charge is 0.416 e. The Morgan fingerprint density at radius 2 is 1.82 bits per heavy atom. The maximum absolute atomic E-state index is 12.8. The van der Waals surface area contributed by atoms with Crippen molar-refractivity contribution in [3.8, 4) is 0 Å². The number of carbonyl (C=O) groups is 1. The van der Waals surface area contributed by atoms with Crippen molar-refractivity contribution in [2.45, 2.75) is 39.4 Å². The van der Waals surface area contributed by atoms with E-state index in [1.165, 1.54) is 11.0 Å². The molecule has 0 unspecified atom stereocenters. The van der Waals surface area contributed by atoms with Crippen molar-refractivity contribution in [2.24, 2.45) is 10.9 Å². The van der Waals surface area contributed by atoms with Gasteiger partial charge in [0.1, 0.15) is 0 Å². The minimum absolute atomic E-state index is 0. The van der Waals surface area contributed by atoms with Crippen LogP contribution in [0.3, 0.4) is 0 Å². The topological polar surface area (TPSA) is 56.7 Å². The van der Waals surface area contributed by atoms with Gasteiger partial charge in [-0.25, -0.2) is 4.99 Å². The van der Waals surface area contributed by atoms with E-state index in [0.717, 1.165) is 25.0 Å². The van der Waals surface area contributed by atoms with E-state index >= 15 is 0 Å². The van der Waals surface area contributed by atoms with Crippen LogP contribution in [0.5, 0.6) is 0 Å². The first kappa shape index (κ1) is 26.5. The molecule has 28 heavy (non-hydrogen) atoms. The molecule has 0 aromatic heterocycles. The minimum Gasteiger partial charge on any atom is -0.356 e. The number of carbonyl (C=O) groups excluding carboxylic acids is 1. The minimum atomic E-state index is -4.38. The van der Waals surface area contributed by atoms with Gasteiger partial charge >= 0.3 is 6.18 Å². The molecule has 2 N–H and O–H groups in total. The fourth-order valence-electron chi connectivity index (χ4n) is 2.33. The fourth-order valence-corrected chi connectivity index (χ4v) is 2.33. The first-order valence-electron chi connectivity index (χ1n) is 9.05. The lowest BCUT2D eigenvalue weighted by Gasteiger charge is -2.18. The van der Waals surface area contributed by atoms with E-state index in [1.54, 1.807) is 20.2 Å². The summed E-state index contributed by atoms with van der Waals surface area (Å²) >= 11 is 0. The lowest BCUT2D eigenvalue weighted by Crippen LogP contribution is -2.44. The van der Waals surface area contributed by atoms with E-state index in [0.29, 0.717) is 24.0 Å². The zero-order valence-corrected chi connectivity index (χ0v) is 19.1. The number of hydrogen-bond donors (Lipinski definition) is 2. The molecule has 1 aromatic rings. The van der Waals surface area contributed by atoms with Gasteiger partial charge in [-0.15, -0.1) is 24.0 Å². The first-order chi connectivity index (χ1) is 12.7. The van der Waals surface area contributed by atoms with E-state index < -0.39 is 11.7 Å². The summed E-state index contributed by atoms with van der Waals surface area (Å²) in [6.45, 7) is 5.01. The van der Waals surface area contributed by atoms with Crippen LogP contribution in [0.15, 0.2) is 29.3 Å². The molecule has 0 atom stereocenters. The van der Waals surface area contributed by atoms with Crippen LogP contribution < -0.4 is 10.6 Å². The Balaban J connectivity index is 0.00000729. The molecule has 0 saturated heterocycles. The van der Waals surface area contributed by atoms with E-state index in [9.17, 15) is 18.0 Å². The second kappa shape index (κ2) is 12.8. The molecule has 9 heteroatoms. The van der Waals surface area contributed by atoms with Crippen LogP contribution in [0, 0.1) is 5.92 Å². The van der Waals surface area contributed by atoms with E-state index in [-0.39, 0.29) is 43.0 Å². The molecule has 160 valence electrons. The van der Waals surface area contributed by atoms with Gasteiger partial charge in [0.25, 0.3) is 0 Å². The van der Waals surface area contributed by atoms with Gasteiger partial charge in [0.05, 0.1) is 18.7 Å². The molecule has 1 amide bonds. The highest BCUT2D eigenvalue weighted by Crippen LogP contribution is 2.29. The van der Waals surface area contributed by atoms with Crippen LogP contribution in [0.2, 0.25) is 0 Å². The summed E-state index contributed by atoms with van der Waals surface area (Å²) in [5, 5.41) is 6.12. The summed E-state index contributed by atoms with van der Waals surface area (Å²) in [4.78, 5) is 17.6. The zero-order chi connectivity index (χ0) is 20.4. The Bertz CT molecular complexity index is 632. The average Bonchev–Trinajstić information content (AvgIpc) is 2.63. The second-order valence-corrected chi connectivity index (χ2v) is 6.57. The standard InChI is InChI=1S/C19H29F3N4O.HI/c1-5-14(6-2)11-23-18(25-13-17(27)26(3)4)24-12-15-8-7-9-16(10-15)19(20,21)22;/h7-10,14H,5-6,11-13H2,1-4H3,(H2,23,24,25);1H. The Morgan fingerprint density at radius 3 is 2.36 bits per heavy atom. The highest BCUT2D eigenvalue weighted by Gasteiger charge is 2.30. The van der Waals surface area contributed by atoms with Gasteiger partial charge in [-0.2, -0.15) is 13.2 Å². The highest BCUT2D eigenvalue weighted by atomic mass is 127. The quantitative estimate of drug-likeness (QED) is 0.315. The van der Waals surface area contributed by atoms with Crippen molar-refractivity contribution in [1.82, 2.24) is 15.5 Å². The number of aliphatic imine (C=N–C) groups is 1. The summed E-state index contributed by atoms with van der Waals surface area (Å²) in [5.74, 6) is 0.746. The van der Waals surface area contributed by atoms with E-state index in [4.69, 9.17) is 0 Å². The zero-order valence-electron chi connectivity index (χ0n) is 16.8. The number of alkyl halides is 3. The summed E-state index contributed by atoms with van der Waals surface area (Å²) in [5.41, 5.74) is -0.245. The molecule has 0 aliphatic rings. The summed E-state index contributed by atoms with van der Waals surface area (Å²) in [7, 11) is 3.31. The Hall–Kier alpha value is -1.52. The maximum Gasteiger partial charge on any atom is 0.416 e. The van der Waals surface area contributed by atoms with E-state index in [2.05, 4.69) is 29.5 Å². The van der Waals surface area contributed by atoms with Crippen LogP contribution in [0.4, 0.5) is 13.2 Å². The molecule has 0 heterocycles. The van der Waals surface area contributed by atoms with Gasteiger partial charge in [0, 0.05) is 20.6 Å². The predicted octanol–water partition coefficient (Wildman–Crippen LogP) is 3.88. The normalized spacial score (nSPS) is 11.8. The number of amides is 1. The molecular weight excluding hydrogens is 484 g/mol.